The highest BCUT2D eigenvalue weighted by Crippen LogP contribution is 2.21. The van der Waals surface area contributed by atoms with Crippen LogP contribution in [-0.4, -0.2) is 43.3 Å². The quantitative estimate of drug-likeness (QED) is 0.875. The Labute approximate surface area is 127 Å². The molecule has 1 aromatic rings. The largest absolute Gasteiger partial charge is 0.383 e. The first-order chi connectivity index (χ1) is 10.2. The number of hydrogen-bond acceptors (Lipinski definition) is 2. The molecule has 4 heteroatoms. The maximum absolute atomic E-state index is 12.4. The molecule has 0 radical (unpaired) electrons. The van der Waals surface area contributed by atoms with Crippen LogP contribution < -0.4 is 5.32 Å². The van der Waals surface area contributed by atoms with Crippen molar-refractivity contribution in [2.24, 2.45) is 0 Å². The molecule has 1 heterocycles. The van der Waals surface area contributed by atoms with Crippen LogP contribution in [0.1, 0.15) is 31.7 Å². The number of carbonyl (C=O) groups excluding carboxylic acids is 1. The highest BCUT2D eigenvalue weighted by atomic mass is 16.5. The predicted octanol–water partition coefficient (Wildman–Crippen LogP) is 2.83. The maximum atomic E-state index is 12.4. The Balaban J connectivity index is 1.93. The minimum atomic E-state index is 0.0531. The summed E-state index contributed by atoms with van der Waals surface area (Å²) in [5, 5.41) is 3.09. The number of urea groups is 1. The molecular formula is C17H26N2O2. The van der Waals surface area contributed by atoms with Crippen LogP contribution in [-0.2, 0) is 11.2 Å². The molecule has 1 saturated heterocycles. The van der Waals surface area contributed by atoms with Crippen molar-refractivity contribution in [3.8, 4) is 0 Å². The topological polar surface area (TPSA) is 41.6 Å². The van der Waals surface area contributed by atoms with Crippen LogP contribution in [0.4, 0.5) is 4.79 Å². The first-order valence-electron chi connectivity index (χ1n) is 7.84. The molecule has 2 rings (SSSR count). The molecule has 0 bridgehead atoms. The Morgan fingerprint density at radius 3 is 2.86 bits per heavy atom. The lowest BCUT2D eigenvalue weighted by molar-refractivity contribution is 0.151. The first-order valence-corrected chi connectivity index (χ1v) is 7.84. The fraction of sp³-hybridized carbons (Fsp3) is 0.588. The van der Waals surface area contributed by atoms with E-state index in [-0.39, 0.29) is 12.1 Å². The van der Waals surface area contributed by atoms with Gasteiger partial charge in [0.1, 0.15) is 0 Å². The van der Waals surface area contributed by atoms with E-state index in [1.807, 2.05) is 11.0 Å². The summed E-state index contributed by atoms with van der Waals surface area (Å²) in [4.78, 5) is 14.4. The fourth-order valence-corrected chi connectivity index (χ4v) is 2.92. The first kappa shape index (κ1) is 15.8. The van der Waals surface area contributed by atoms with Gasteiger partial charge in [-0.25, -0.2) is 4.79 Å². The molecule has 0 saturated carbocycles. The van der Waals surface area contributed by atoms with Gasteiger partial charge in [0.15, 0.2) is 0 Å². The number of ether oxygens (including phenoxy) is 1. The van der Waals surface area contributed by atoms with E-state index >= 15 is 0 Å². The number of nitrogens with one attached hydrogen (secondary N) is 1. The number of methoxy groups -OCH3 is 1. The zero-order valence-electron chi connectivity index (χ0n) is 13.0. The van der Waals surface area contributed by atoms with Crippen LogP contribution in [0.15, 0.2) is 30.3 Å². The third-order valence-corrected chi connectivity index (χ3v) is 4.14. The van der Waals surface area contributed by atoms with Gasteiger partial charge in [0.05, 0.1) is 12.6 Å². The summed E-state index contributed by atoms with van der Waals surface area (Å²) in [5.41, 5.74) is 1.30. The molecule has 2 unspecified atom stereocenters. The van der Waals surface area contributed by atoms with E-state index in [0.29, 0.717) is 12.6 Å². The summed E-state index contributed by atoms with van der Waals surface area (Å²) in [6.45, 7) is 3.49. The number of hydrogen-bond donors (Lipinski definition) is 1. The Morgan fingerprint density at radius 2 is 2.19 bits per heavy atom. The number of amides is 2. The minimum absolute atomic E-state index is 0.0531. The third-order valence-electron chi connectivity index (χ3n) is 4.14. The van der Waals surface area contributed by atoms with E-state index in [9.17, 15) is 4.79 Å². The Kier molecular flexibility index (Phi) is 6.05. The van der Waals surface area contributed by atoms with Gasteiger partial charge in [-0.3, -0.25) is 0 Å². The van der Waals surface area contributed by atoms with E-state index in [4.69, 9.17) is 4.74 Å². The van der Waals surface area contributed by atoms with E-state index in [1.54, 1.807) is 7.11 Å². The summed E-state index contributed by atoms with van der Waals surface area (Å²) in [6.07, 6.45) is 4.00. The van der Waals surface area contributed by atoms with Crippen LogP contribution in [0, 0.1) is 0 Å². The second-order valence-electron chi connectivity index (χ2n) is 5.69. The lowest BCUT2D eigenvalue weighted by Gasteiger charge is -2.27. The van der Waals surface area contributed by atoms with Gasteiger partial charge in [0.25, 0.3) is 0 Å². The van der Waals surface area contributed by atoms with Crippen molar-refractivity contribution in [1.29, 1.82) is 0 Å². The number of rotatable bonds is 6. The van der Waals surface area contributed by atoms with Crippen LogP contribution in [0.2, 0.25) is 0 Å². The number of carbonyl (C=O) groups is 1. The van der Waals surface area contributed by atoms with Crippen molar-refractivity contribution >= 4 is 6.03 Å². The van der Waals surface area contributed by atoms with E-state index in [0.717, 1.165) is 32.2 Å². The molecule has 1 aromatic carbocycles. The van der Waals surface area contributed by atoms with Crippen molar-refractivity contribution in [3.63, 3.8) is 0 Å². The highest BCUT2D eigenvalue weighted by molar-refractivity contribution is 5.75. The summed E-state index contributed by atoms with van der Waals surface area (Å²) in [5.74, 6) is 0. The summed E-state index contributed by atoms with van der Waals surface area (Å²) in [7, 11) is 1.67. The van der Waals surface area contributed by atoms with E-state index in [2.05, 4.69) is 36.5 Å². The van der Waals surface area contributed by atoms with Gasteiger partial charge in [-0.2, -0.15) is 0 Å². The van der Waals surface area contributed by atoms with Gasteiger partial charge < -0.3 is 15.0 Å². The smallest absolute Gasteiger partial charge is 0.317 e. The normalized spacial score (nSPS) is 19.5. The molecule has 2 amide bonds. The minimum Gasteiger partial charge on any atom is -0.383 e. The maximum Gasteiger partial charge on any atom is 0.317 e. The molecule has 0 aliphatic carbocycles. The highest BCUT2D eigenvalue weighted by Gasteiger charge is 2.29. The molecule has 1 fully saturated rings. The van der Waals surface area contributed by atoms with Gasteiger partial charge in [0, 0.05) is 19.7 Å². The van der Waals surface area contributed by atoms with Crippen LogP contribution in [0.5, 0.6) is 0 Å². The lowest BCUT2D eigenvalue weighted by atomic mass is 10.0. The Hall–Kier alpha value is -1.55. The molecule has 21 heavy (non-hydrogen) atoms. The average Bonchev–Trinajstić information content (AvgIpc) is 2.96. The fourth-order valence-electron chi connectivity index (χ4n) is 2.92. The van der Waals surface area contributed by atoms with Gasteiger partial charge in [-0.05, 0) is 31.2 Å². The molecule has 2 atom stereocenters. The second kappa shape index (κ2) is 8.03. The number of likely N-dealkylation sites (tertiary alicyclic amines) is 1. The van der Waals surface area contributed by atoms with E-state index in [1.165, 1.54) is 5.56 Å². The zero-order valence-corrected chi connectivity index (χ0v) is 13.0. The number of benzene rings is 1. The lowest BCUT2D eigenvalue weighted by Crippen LogP contribution is -2.48. The monoisotopic (exact) mass is 290 g/mol. The van der Waals surface area contributed by atoms with Crippen molar-refractivity contribution < 1.29 is 9.53 Å². The summed E-state index contributed by atoms with van der Waals surface area (Å²) in [6, 6.07) is 10.9. The van der Waals surface area contributed by atoms with Gasteiger partial charge in [0.2, 0.25) is 0 Å². The molecule has 4 nitrogen and oxygen atoms in total. The molecule has 0 aromatic heterocycles. The Morgan fingerprint density at radius 1 is 1.43 bits per heavy atom. The average molecular weight is 290 g/mol. The number of nitrogens with zero attached hydrogens (tertiary/aromatic N) is 1. The van der Waals surface area contributed by atoms with Gasteiger partial charge in [-0.15, -0.1) is 0 Å². The van der Waals surface area contributed by atoms with Gasteiger partial charge >= 0.3 is 6.03 Å². The van der Waals surface area contributed by atoms with Crippen molar-refractivity contribution in [3.05, 3.63) is 35.9 Å². The van der Waals surface area contributed by atoms with Gasteiger partial charge in [-0.1, -0.05) is 37.3 Å². The standard InChI is InChI=1S/C17H26N2O2/c1-3-15(13-21-2)18-17(20)19-11-7-10-16(19)12-14-8-5-4-6-9-14/h4-6,8-9,15-16H,3,7,10-13H2,1-2H3,(H,18,20). The van der Waals surface area contributed by atoms with E-state index < -0.39 is 0 Å². The molecule has 0 spiro atoms. The third kappa shape index (κ3) is 4.46. The molecule has 116 valence electrons. The van der Waals surface area contributed by atoms with Crippen LogP contribution in [0.25, 0.3) is 0 Å². The SMILES string of the molecule is CCC(COC)NC(=O)N1CCCC1Cc1ccccc1. The van der Waals surface area contributed by atoms with Crippen molar-refractivity contribution in [2.45, 2.75) is 44.7 Å². The van der Waals surface area contributed by atoms with Crippen molar-refractivity contribution in [1.82, 2.24) is 10.2 Å². The summed E-state index contributed by atoms with van der Waals surface area (Å²) < 4.78 is 5.15. The molecule has 1 aliphatic heterocycles. The Bertz CT molecular complexity index is 436. The van der Waals surface area contributed by atoms with Crippen LogP contribution >= 0.6 is 0 Å². The predicted molar refractivity (Wildman–Crippen MR) is 84.4 cm³/mol. The second-order valence-corrected chi connectivity index (χ2v) is 5.69. The van der Waals surface area contributed by atoms with Crippen molar-refractivity contribution in [2.75, 3.05) is 20.3 Å². The zero-order chi connectivity index (χ0) is 15.1. The van der Waals surface area contributed by atoms with Crippen LogP contribution in [0.3, 0.4) is 0 Å². The molecule has 1 N–H and O–H groups in total. The summed E-state index contributed by atoms with van der Waals surface area (Å²) >= 11 is 0. The molecule has 1 aliphatic rings. The molecular weight excluding hydrogens is 264 g/mol.